The number of carbonyl (C=O) groups is 2. The Balaban J connectivity index is 2.21. The molecule has 2 N–H and O–H groups in total. The minimum Gasteiger partial charge on any atom is -0.481 e. The molecule has 5 heteroatoms. The summed E-state index contributed by atoms with van der Waals surface area (Å²) in [6, 6.07) is 10.2. The normalized spacial score (nSPS) is 12.7. The van der Waals surface area contributed by atoms with Crippen LogP contribution in [0.5, 0.6) is 0 Å². The summed E-state index contributed by atoms with van der Waals surface area (Å²) >= 11 is 0. The Bertz CT molecular complexity index is 666. The third-order valence-corrected chi connectivity index (χ3v) is 3.61. The first-order valence-corrected chi connectivity index (χ1v) is 7.44. The van der Waals surface area contributed by atoms with E-state index in [1.54, 1.807) is 6.07 Å². The predicted molar refractivity (Wildman–Crippen MR) is 86.3 cm³/mol. The number of nitrogens with one attached hydrogen (secondary N) is 1. The lowest BCUT2D eigenvalue weighted by molar-refractivity contribution is -0.137. The molecule has 2 rings (SSSR count). The molecular weight excluding hydrogens is 294 g/mol. The molecule has 0 saturated carbocycles. The van der Waals surface area contributed by atoms with Crippen LogP contribution in [-0.2, 0) is 10.2 Å². The van der Waals surface area contributed by atoms with Gasteiger partial charge in [-0.1, -0.05) is 45.0 Å². The monoisotopic (exact) mass is 315 g/mol. The van der Waals surface area contributed by atoms with Crippen molar-refractivity contribution in [1.82, 2.24) is 5.32 Å². The Morgan fingerprint density at radius 3 is 2.30 bits per heavy atom. The molecule has 1 atom stereocenters. The molecule has 122 valence electrons. The zero-order valence-electron chi connectivity index (χ0n) is 13.5. The van der Waals surface area contributed by atoms with Crippen LogP contribution in [0, 0.1) is 0 Å². The molecule has 1 aromatic carbocycles. The minimum atomic E-state index is -0.977. The molecule has 0 radical (unpaired) electrons. The van der Waals surface area contributed by atoms with E-state index in [9.17, 15) is 9.59 Å². The van der Waals surface area contributed by atoms with E-state index in [-0.39, 0.29) is 17.6 Å². The molecule has 0 bridgehead atoms. The van der Waals surface area contributed by atoms with Gasteiger partial charge in [0.05, 0.1) is 18.7 Å². The van der Waals surface area contributed by atoms with Gasteiger partial charge in [0.2, 0.25) is 0 Å². The first kappa shape index (κ1) is 16.8. The predicted octanol–water partition coefficient (Wildman–Crippen LogP) is 3.52. The van der Waals surface area contributed by atoms with E-state index in [1.165, 1.54) is 12.3 Å². The molecule has 0 aliphatic carbocycles. The molecule has 0 aliphatic heterocycles. The number of hydrogen-bond donors (Lipinski definition) is 2. The van der Waals surface area contributed by atoms with Crippen molar-refractivity contribution in [1.29, 1.82) is 0 Å². The number of furan rings is 1. The lowest BCUT2D eigenvalue weighted by Crippen LogP contribution is -2.30. The summed E-state index contributed by atoms with van der Waals surface area (Å²) in [6.07, 6.45) is 1.21. The van der Waals surface area contributed by atoms with Gasteiger partial charge >= 0.3 is 5.97 Å². The van der Waals surface area contributed by atoms with E-state index in [1.807, 2.05) is 24.3 Å². The second kappa shape index (κ2) is 6.69. The summed E-state index contributed by atoms with van der Waals surface area (Å²) < 4.78 is 5.04. The van der Waals surface area contributed by atoms with Crippen molar-refractivity contribution in [2.45, 2.75) is 38.6 Å². The highest BCUT2D eigenvalue weighted by atomic mass is 16.4. The van der Waals surface area contributed by atoms with Crippen molar-refractivity contribution < 1.29 is 19.1 Å². The van der Waals surface area contributed by atoms with Crippen LogP contribution < -0.4 is 5.32 Å². The van der Waals surface area contributed by atoms with E-state index in [4.69, 9.17) is 9.52 Å². The third-order valence-electron chi connectivity index (χ3n) is 3.61. The number of aliphatic carboxylic acids is 1. The minimum absolute atomic E-state index is 0.0121. The molecule has 1 heterocycles. The summed E-state index contributed by atoms with van der Waals surface area (Å²) in [6.45, 7) is 6.32. The maximum atomic E-state index is 12.1. The second-order valence-corrected chi connectivity index (χ2v) is 6.47. The van der Waals surface area contributed by atoms with Crippen molar-refractivity contribution in [2.75, 3.05) is 0 Å². The summed E-state index contributed by atoms with van der Waals surface area (Å²) in [7, 11) is 0. The van der Waals surface area contributed by atoms with Crippen molar-refractivity contribution >= 4 is 11.9 Å². The Morgan fingerprint density at radius 2 is 1.83 bits per heavy atom. The number of rotatable bonds is 5. The van der Waals surface area contributed by atoms with E-state index >= 15 is 0 Å². The van der Waals surface area contributed by atoms with Crippen LogP contribution in [0.15, 0.2) is 47.1 Å². The Kier molecular flexibility index (Phi) is 4.89. The summed E-state index contributed by atoms with van der Waals surface area (Å²) in [4.78, 5) is 23.2. The smallest absolute Gasteiger partial charge is 0.305 e. The largest absolute Gasteiger partial charge is 0.481 e. The average Bonchev–Trinajstić information content (AvgIpc) is 2.99. The summed E-state index contributed by atoms with van der Waals surface area (Å²) in [5.74, 6) is -1.25. The molecule has 0 aliphatic rings. The van der Waals surface area contributed by atoms with Gasteiger partial charge in [0, 0.05) is 0 Å². The van der Waals surface area contributed by atoms with Gasteiger partial charge in [0.1, 0.15) is 0 Å². The molecular formula is C18H21NO4. The van der Waals surface area contributed by atoms with Gasteiger partial charge in [-0.05, 0) is 28.7 Å². The molecule has 0 fully saturated rings. The fraction of sp³-hybridized carbons (Fsp3) is 0.333. The van der Waals surface area contributed by atoms with E-state index in [0.717, 1.165) is 11.1 Å². The number of hydrogen-bond acceptors (Lipinski definition) is 3. The van der Waals surface area contributed by atoms with Crippen LogP contribution in [-0.4, -0.2) is 17.0 Å². The lowest BCUT2D eigenvalue weighted by Gasteiger charge is -2.21. The molecule has 5 nitrogen and oxygen atoms in total. The van der Waals surface area contributed by atoms with Crippen molar-refractivity contribution in [3.8, 4) is 0 Å². The average molecular weight is 315 g/mol. The first-order valence-electron chi connectivity index (χ1n) is 7.44. The number of carbonyl (C=O) groups excluding carboxylic acids is 1. The first-order chi connectivity index (χ1) is 10.8. The number of carboxylic acid groups (broad SMARTS) is 1. The van der Waals surface area contributed by atoms with Gasteiger partial charge in [0.15, 0.2) is 5.76 Å². The van der Waals surface area contributed by atoms with E-state index in [2.05, 4.69) is 26.1 Å². The molecule has 2 aromatic rings. The molecule has 1 amide bonds. The zero-order chi connectivity index (χ0) is 17.0. The van der Waals surface area contributed by atoms with E-state index < -0.39 is 17.9 Å². The van der Waals surface area contributed by atoms with Crippen molar-refractivity contribution in [3.63, 3.8) is 0 Å². The standard InChI is InChI=1S/C18H21NO4/c1-18(2,3)13-8-6-12(7-9-13)14(11-16(20)21)19-17(22)15-5-4-10-23-15/h4-10,14H,11H2,1-3H3,(H,19,22)(H,20,21)/t14-/m0/s1. The molecule has 0 unspecified atom stereocenters. The second-order valence-electron chi connectivity index (χ2n) is 6.47. The Hall–Kier alpha value is -2.56. The van der Waals surface area contributed by atoms with Crippen LogP contribution in [0.4, 0.5) is 0 Å². The van der Waals surface area contributed by atoms with Crippen LogP contribution in [0.3, 0.4) is 0 Å². The van der Waals surface area contributed by atoms with Gasteiger partial charge in [-0.3, -0.25) is 9.59 Å². The third kappa shape index (κ3) is 4.45. The van der Waals surface area contributed by atoms with Gasteiger partial charge < -0.3 is 14.8 Å². The lowest BCUT2D eigenvalue weighted by atomic mass is 9.86. The number of amides is 1. The topological polar surface area (TPSA) is 79.5 Å². The Morgan fingerprint density at radius 1 is 1.17 bits per heavy atom. The Labute approximate surface area is 135 Å². The summed E-state index contributed by atoms with van der Waals surface area (Å²) in [5, 5.41) is 11.8. The van der Waals surface area contributed by atoms with Gasteiger partial charge in [0.25, 0.3) is 5.91 Å². The van der Waals surface area contributed by atoms with Crippen LogP contribution in [0.1, 0.15) is 54.9 Å². The molecule has 1 aromatic heterocycles. The summed E-state index contributed by atoms with van der Waals surface area (Å²) in [5.41, 5.74) is 1.91. The molecule has 0 saturated heterocycles. The number of carboxylic acids is 1. The molecule has 0 spiro atoms. The van der Waals surface area contributed by atoms with Crippen LogP contribution in [0.2, 0.25) is 0 Å². The SMILES string of the molecule is CC(C)(C)c1ccc([C@H](CC(=O)O)NC(=O)c2ccco2)cc1. The highest BCUT2D eigenvalue weighted by Gasteiger charge is 2.21. The highest BCUT2D eigenvalue weighted by molar-refractivity contribution is 5.91. The van der Waals surface area contributed by atoms with Crippen LogP contribution in [0.25, 0.3) is 0 Å². The van der Waals surface area contributed by atoms with E-state index in [0.29, 0.717) is 0 Å². The maximum Gasteiger partial charge on any atom is 0.305 e. The maximum absolute atomic E-state index is 12.1. The quantitative estimate of drug-likeness (QED) is 0.884. The fourth-order valence-corrected chi connectivity index (χ4v) is 2.28. The van der Waals surface area contributed by atoms with Crippen molar-refractivity contribution in [2.24, 2.45) is 0 Å². The highest BCUT2D eigenvalue weighted by Crippen LogP contribution is 2.25. The molecule has 23 heavy (non-hydrogen) atoms. The number of benzene rings is 1. The zero-order valence-corrected chi connectivity index (χ0v) is 13.5. The van der Waals surface area contributed by atoms with Crippen LogP contribution >= 0.6 is 0 Å². The van der Waals surface area contributed by atoms with Gasteiger partial charge in [-0.25, -0.2) is 0 Å². The van der Waals surface area contributed by atoms with Gasteiger partial charge in [-0.15, -0.1) is 0 Å². The van der Waals surface area contributed by atoms with Crippen molar-refractivity contribution in [3.05, 3.63) is 59.5 Å². The fourth-order valence-electron chi connectivity index (χ4n) is 2.28. The van der Waals surface area contributed by atoms with Gasteiger partial charge in [-0.2, -0.15) is 0 Å².